The molecular formula is C20H26N4O2. The summed E-state index contributed by atoms with van der Waals surface area (Å²) in [5, 5.41) is 11.6. The summed E-state index contributed by atoms with van der Waals surface area (Å²) in [7, 11) is 0. The molecule has 0 aliphatic rings. The lowest BCUT2D eigenvalue weighted by Crippen LogP contribution is -2.34. The number of benzene rings is 2. The molecule has 2 aromatic rings. The summed E-state index contributed by atoms with van der Waals surface area (Å²) in [4.78, 5) is 24.6. The van der Waals surface area contributed by atoms with Crippen LogP contribution >= 0.6 is 0 Å². The van der Waals surface area contributed by atoms with Gasteiger partial charge in [-0.2, -0.15) is 0 Å². The van der Waals surface area contributed by atoms with Gasteiger partial charge in [0.25, 0.3) is 5.91 Å². The monoisotopic (exact) mass is 354 g/mol. The number of hydrogen-bond acceptors (Lipinski definition) is 3. The maximum Gasteiger partial charge on any atom is 0.319 e. The van der Waals surface area contributed by atoms with Crippen molar-refractivity contribution in [1.29, 1.82) is 0 Å². The van der Waals surface area contributed by atoms with Crippen LogP contribution in [0.4, 0.5) is 16.2 Å². The van der Waals surface area contributed by atoms with Crippen molar-refractivity contribution in [3.63, 3.8) is 0 Å². The number of hydrogen-bond donors (Lipinski definition) is 4. The van der Waals surface area contributed by atoms with E-state index >= 15 is 0 Å². The van der Waals surface area contributed by atoms with E-state index in [1.54, 1.807) is 24.3 Å². The molecule has 0 heterocycles. The summed E-state index contributed by atoms with van der Waals surface area (Å²) in [5.41, 5.74) is 2.68. The Hall–Kier alpha value is -2.86. The molecule has 0 aromatic heterocycles. The molecule has 0 saturated heterocycles. The van der Waals surface area contributed by atoms with Crippen LogP contribution < -0.4 is 21.3 Å². The van der Waals surface area contributed by atoms with Gasteiger partial charge in [-0.15, -0.1) is 0 Å². The minimum atomic E-state index is -0.340. The van der Waals surface area contributed by atoms with Gasteiger partial charge in [0.2, 0.25) is 0 Å². The van der Waals surface area contributed by atoms with E-state index in [4.69, 9.17) is 0 Å². The van der Waals surface area contributed by atoms with Crippen LogP contribution in [0.25, 0.3) is 0 Å². The van der Waals surface area contributed by atoms with Crippen LogP contribution in [-0.4, -0.2) is 24.5 Å². The lowest BCUT2D eigenvalue weighted by molar-refractivity contribution is 0.102. The van der Waals surface area contributed by atoms with Crippen molar-refractivity contribution in [2.75, 3.05) is 17.2 Å². The van der Waals surface area contributed by atoms with Crippen molar-refractivity contribution in [3.05, 3.63) is 59.7 Å². The molecule has 3 amide bonds. The van der Waals surface area contributed by atoms with Crippen molar-refractivity contribution in [1.82, 2.24) is 10.6 Å². The van der Waals surface area contributed by atoms with E-state index in [0.717, 1.165) is 18.7 Å². The second-order valence-corrected chi connectivity index (χ2v) is 6.23. The molecule has 2 aromatic carbocycles. The highest BCUT2D eigenvalue weighted by atomic mass is 16.2. The van der Waals surface area contributed by atoms with Gasteiger partial charge in [-0.25, -0.2) is 4.79 Å². The normalized spacial score (nSPS) is 10.5. The van der Waals surface area contributed by atoms with E-state index in [1.807, 2.05) is 45.0 Å². The van der Waals surface area contributed by atoms with Crippen molar-refractivity contribution < 1.29 is 9.59 Å². The zero-order valence-electron chi connectivity index (χ0n) is 15.4. The van der Waals surface area contributed by atoms with E-state index < -0.39 is 0 Å². The first kappa shape index (κ1) is 19.5. The standard InChI is InChI=1S/C20H26N4O2/c1-4-21-13-15-8-7-9-16(12-15)23-19(25)17-10-5-6-11-18(17)24-20(26)22-14(2)3/h5-12,14,21H,4,13H2,1-3H3,(H,23,25)(H2,22,24,26). The third kappa shape index (κ3) is 5.89. The molecule has 2 rings (SSSR count). The highest BCUT2D eigenvalue weighted by molar-refractivity contribution is 6.10. The second kappa shape index (κ2) is 9.58. The number of nitrogens with one attached hydrogen (secondary N) is 4. The fourth-order valence-corrected chi connectivity index (χ4v) is 2.44. The van der Waals surface area contributed by atoms with Crippen LogP contribution in [0.1, 0.15) is 36.7 Å². The highest BCUT2D eigenvalue weighted by Crippen LogP contribution is 2.18. The maximum absolute atomic E-state index is 12.7. The van der Waals surface area contributed by atoms with Crippen LogP contribution in [0, 0.1) is 0 Å². The average molecular weight is 354 g/mol. The van der Waals surface area contributed by atoms with Gasteiger partial charge in [0.15, 0.2) is 0 Å². The van der Waals surface area contributed by atoms with Crippen molar-refractivity contribution in [3.8, 4) is 0 Å². The van der Waals surface area contributed by atoms with Gasteiger partial charge in [0.05, 0.1) is 11.3 Å². The van der Waals surface area contributed by atoms with Gasteiger partial charge < -0.3 is 21.3 Å². The van der Waals surface area contributed by atoms with Crippen LogP contribution in [0.15, 0.2) is 48.5 Å². The highest BCUT2D eigenvalue weighted by Gasteiger charge is 2.13. The van der Waals surface area contributed by atoms with Crippen molar-refractivity contribution in [2.24, 2.45) is 0 Å². The molecule has 0 unspecified atom stereocenters. The largest absolute Gasteiger partial charge is 0.336 e. The van der Waals surface area contributed by atoms with Gasteiger partial charge in [-0.3, -0.25) is 4.79 Å². The minimum Gasteiger partial charge on any atom is -0.336 e. The molecule has 0 saturated carbocycles. The molecule has 0 bridgehead atoms. The molecule has 0 radical (unpaired) electrons. The molecule has 0 spiro atoms. The summed E-state index contributed by atoms with van der Waals surface area (Å²) >= 11 is 0. The van der Waals surface area contributed by atoms with E-state index in [-0.39, 0.29) is 18.0 Å². The quantitative estimate of drug-likeness (QED) is 0.613. The predicted octanol–water partition coefficient (Wildman–Crippen LogP) is 3.58. The fraction of sp³-hybridized carbons (Fsp3) is 0.300. The summed E-state index contributed by atoms with van der Waals surface area (Å²) in [6.07, 6.45) is 0. The number of para-hydroxylation sites is 1. The first-order valence-corrected chi connectivity index (χ1v) is 8.77. The van der Waals surface area contributed by atoms with E-state index in [1.165, 1.54) is 0 Å². The number of urea groups is 1. The number of amides is 3. The number of carbonyl (C=O) groups excluding carboxylic acids is 2. The first-order chi connectivity index (χ1) is 12.5. The Labute approximate surface area is 154 Å². The smallest absolute Gasteiger partial charge is 0.319 e. The zero-order chi connectivity index (χ0) is 18.9. The Bertz CT molecular complexity index is 759. The molecule has 6 heteroatoms. The molecule has 0 fully saturated rings. The zero-order valence-corrected chi connectivity index (χ0v) is 15.4. The van der Waals surface area contributed by atoms with Gasteiger partial charge in [0.1, 0.15) is 0 Å². The van der Waals surface area contributed by atoms with E-state index in [0.29, 0.717) is 16.9 Å². The Kier molecular flexibility index (Phi) is 7.17. The molecule has 0 aliphatic heterocycles. The molecule has 0 atom stereocenters. The van der Waals surface area contributed by atoms with Gasteiger partial charge in [-0.05, 0) is 50.2 Å². The second-order valence-electron chi connectivity index (χ2n) is 6.23. The van der Waals surface area contributed by atoms with Gasteiger partial charge in [0, 0.05) is 18.3 Å². The van der Waals surface area contributed by atoms with Crippen molar-refractivity contribution in [2.45, 2.75) is 33.4 Å². The first-order valence-electron chi connectivity index (χ1n) is 8.77. The minimum absolute atomic E-state index is 0.00968. The van der Waals surface area contributed by atoms with Crippen LogP contribution in [-0.2, 0) is 6.54 Å². The maximum atomic E-state index is 12.7. The average Bonchev–Trinajstić information content (AvgIpc) is 2.60. The van der Waals surface area contributed by atoms with E-state index in [9.17, 15) is 9.59 Å². The summed E-state index contributed by atoms with van der Waals surface area (Å²) < 4.78 is 0. The Balaban J connectivity index is 2.11. The summed E-state index contributed by atoms with van der Waals surface area (Å²) in [5.74, 6) is -0.272. The third-order valence-electron chi connectivity index (χ3n) is 3.60. The summed E-state index contributed by atoms with van der Waals surface area (Å²) in [6, 6.07) is 14.3. The lowest BCUT2D eigenvalue weighted by Gasteiger charge is -2.14. The molecule has 138 valence electrons. The molecule has 26 heavy (non-hydrogen) atoms. The van der Waals surface area contributed by atoms with Gasteiger partial charge >= 0.3 is 6.03 Å². The third-order valence-corrected chi connectivity index (χ3v) is 3.60. The van der Waals surface area contributed by atoms with Crippen LogP contribution in [0.2, 0.25) is 0 Å². The number of carbonyl (C=O) groups is 2. The Morgan fingerprint density at radius 1 is 1.00 bits per heavy atom. The number of anilines is 2. The fourth-order valence-electron chi connectivity index (χ4n) is 2.44. The molecular weight excluding hydrogens is 328 g/mol. The van der Waals surface area contributed by atoms with Crippen molar-refractivity contribution >= 4 is 23.3 Å². The van der Waals surface area contributed by atoms with Crippen LogP contribution in [0.5, 0.6) is 0 Å². The van der Waals surface area contributed by atoms with Gasteiger partial charge in [-0.1, -0.05) is 31.2 Å². The topological polar surface area (TPSA) is 82.3 Å². The predicted molar refractivity (Wildman–Crippen MR) is 106 cm³/mol. The summed E-state index contributed by atoms with van der Waals surface area (Å²) in [6.45, 7) is 7.42. The molecule has 0 aliphatic carbocycles. The molecule has 6 nitrogen and oxygen atoms in total. The Morgan fingerprint density at radius 3 is 2.50 bits per heavy atom. The van der Waals surface area contributed by atoms with E-state index in [2.05, 4.69) is 21.3 Å². The number of rotatable bonds is 7. The lowest BCUT2D eigenvalue weighted by atomic mass is 10.1. The SMILES string of the molecule is CCNCc1cccc(NC(=O)c2ccccc2NC(=O)NC(C)C)c1. The Morgan fingerprint density at radius 2 is 1.77 bits per heavy atom. The van der Waals surface area contributed by atoms with Crippen LogP contribution in [0.3, 0.4) is 0 Å². The molecule has 4 N–H and O–H groups in total.